The molecule has 0 bridgehead atoms. The van der Waals surface area contributed by atoms with Crippen LogP contribution in [-0.4, -0.2) is 20.9 Å². The molecule has 2 N–H and O–H groups in total. The maximum absolute atomic E-state index is 10.7. The summed E-state index contributed by atoms with van der Waals surface area (Å²) < 4.78 is 0. The molecule has 102 valence electrons. The van der Waals surface area contributed by atoms with Crippen molar-refractivity contribution in [1.29, 1.82) is 0 Å². The molecule has 1 aromatic heterocycles. The summed E-state index contributed by atoms with van der Waals surface area (Å²) in [4.78, 5) is 20.3. The number of hydrogen-bond donors (Lipinski definition) is 1. The van der Waals surface area contributed by atoms with E-state index < -0.39 is 4.92 Å². The Bertz CT molecular complexity index is 688. The number of benzene rings is 1. The molecule has 0 saturated heterocycles. The molecule has 2 heterocycles. The third kappa shape index (κ3) is 1.83. The van der Waals surface area contributed by atoms with Gasteiger partial charge in [-0.2, -0.15) is 4.98 Å². The summed E-state index contributed by atoms with van der Waals surface area (Å²) in [6.45, 7) is 2.06. The first-order chi connectivity index (χ1) is 9.58. The van der Waals surface area contributed by atoms with Gasteiger partial charge < -0.3 is 10.6 Å². The third-order valence-electron chi connectivity index (χ3n) is 3.40. The van der Waals surface area contributed by atoms with Crippen molar-refractivity contribution in [1.82, 2.24) is 9.97 Å². The van der Waals surface area contributed by atoms with Crippen LogP contribution in [0.25, 0.3) is 0 Å². The minimum absolute atomic E-state index is 0.114. The summed E-state index contributed by atoms with van der Waals surface area (Å²) in [5.74, 6) is 0.280. The largest absolute Gasteiger partial charge is 0.378 e. The summed E-state index contributed by atoms with van der Waals surface area (Å²) in [6.07, 6.45) is 2.04. The van der Waals surface area contributed by atoms with Gasteiger partial charge in [-0.25, -0.2) is 4.98 Å². The lowest BCUT2D eigenvalue weighted by Gasteiger charge is -2.22. The van der Waals surface area contributed by atoms with Crippen LogP contribution in [0.1, 0.15) is 12.5 Å². The van der Waals surface area contributed by atoms with Gasteiger partial charge in [0.05, 0.1) is 4.92 Å². The van der Waals surface area contributed by atoms with E-state index in [1.165, 1.54) is 5.56 Å². The van der Waals surface area contributed by atoms with Crippen molar-refractivity contribution >= 4 is 23.1 Å². The highest BCUT2D eigenvalue weighted by atomic mass is 16.6. The molecule has 7 heteroatoms. The number of hydrogen-bond acceptors (Lipinski definition) is 6. The zero-order chi connectivity index (χ0) is 14.3. The molecule has 0 unspecified atom stereocenters. The summed E-state index contributed by atoms with van der Waals surface area (Å²) >= 11 is 0. The van der Waals surface area contributed by atoms with E-state index in [0.717, 1.165) is 18.3 Å². The Morgan fingerprint density at radius 2 is 2.20 bits per heavy atom. The van der Waals surface area contributed by atoms with E-state index in [4.69, 9.17) is 5.73 Å². The predicted molar refractivity (Wildman–Crippen MR) is 74.8 cm³/mol. The molecule has 3 rings (SSSR count). The van der Waals surface area contributed by atoms with Gasteiger partial charge in [-0.1, -0.05) is 18.2 Å². The van der Waals surface area contributed by atoms with Gasteiger partial charge in [0.25, 0.3) is 0 Å². The minimum Gasteiger partial charge on any atom is -0.378 e. The van der Waals surface area contributed by atoms with E-state index in [-0.39, 0.29) is 17.5 Å². The van der Waals surface area contributed by atoms with Gasteiger partial charge in [-0.15, -0.1) is 0 Å². The first-order valence-electron chi connectivity index (χ1n) is 6.22. The van der Waals surface area contributed by atoms with E-state index >= 15 is 0 Å². The fourth-order valence-corrected chi connectivity index (χ4v) is 2.51. The summed E-state index contributed by atoms with van der Waals surface area (Å²) in [5.41, 5.74) is 7.60. The Balaban J connectivity index is 2.06. The van der Waals surface area contributed by atoms with Gasteiger partial charge in [0.15, 0.2) is 0 Å². The first-order valence-corrected chi connectivity index (χ1v) is 6.22. The Kier molecular flexibility index (Phi) is 2.74. The van der Waals surface area contributed by atoms with E-state index in [0.29, 0.717) is 5.95 Å². The fraction of sp³-hybridized carbons (Fsp3) is 0.231. The summed E-state index contributed by atoms with van der Waals surface area (Å²) in [6, 6.07) is 8.16. The number of nitrogens with two attached hydrogens (primary N) is 1. The molecule has 2 aromatic rings. The van der Waals surface area contributed by atoms with Crippen LogP contribution in [0.5, 0.6) is 0 Å². The highest BCUT2D eigenvalue weighted by Gasteiger charge is 2.29. The number of nitrogens with zero attached hydrogens (tertiary/aromatic N) is 4. The van der Waals surface area contributed by atoms with Gasteiger partial charge in [-0.05, 0) is 25.0 Å². The monoisotopic (exact) mass is 271 g/mol. The van der Waals surface area contributed by atoms with Crippen molar-refractivity contribution in [3.05, 3.63) is 46.1 Å². The number of nitrogen functional groups attached to an aromatic ring is 1. The second kappa shape index (κ2) is 4.44. The average molecular weight is 271 g/mol. The zero-order valence-corrected chi connectivity index (χ0v) is 10.9. The molecule has 0 saturated carbocycles. The zero-order valence-electron chi connectivity index (χ0n) is 10.9. The van der Waals surface area contributed by atoms with Crippen molar-refractivity contribution in [3.63, 3.8) is 0 Å². The van der Waals surface area contributed by atoms with Crippen molar-refractivity contribution in [2.45, 2.75) is 19.4 Å². The highest BCUT2D eigenvalue weighted by Crippen LogP contribution is 2.37. The minimum atomic E-state index is -0.583. The van der Waals surface area contributed by atoms with Crippen LogP contribution in [0.3, 0.4) is 0 Å². The van der Waals surface area contributed by atoms with Gasteiger partial charge in [0.2, 0.25) is 11.8 Å². The molecular formula is C13H13N5O2. The third-order valence-corrected chi connectivity index (χ3v) is 3.40. The van der Waals surface area contributed by atoms with Crippen molar-refractivity contribution in [2.75, 3.05) is 10.6 Å². The van der Waals surface area contributed by atoms with Crippen molar-refractivity contribution < 1.29 is 4.92 Å². The number of rotatable bonds is 2. The van der Waals surface area contributed by atoms with Crippen LogP contribution in [0.4, 0.5) is 23.1 Å². The lowest BCUT2D eigenvalue weighted by Crippen LogP contribution is -2.26. The lowest BCUT2D eigenvalue weighted by atomic mass is 10.1. The van der Waals surface area contributed by atoms with E-state index in [2.05, 4.69) is 23.0 Å². The molecule has 1 aliphatic rings. The second-order valence-electron chi connectivity index (χ2n) is 4.75. The number of para-hydroxylation sites is 1. The summed E-state index contributed by atoms with van der Waals surface area (Å²) in [5, 5.41) is 10.7. The molecular weight excluding hydrogens is 258 g/mol. The maximum Gasteiger partial charge on any atom is 0.329 e. The van der Waals surface area contributed by atoms with Gasteiger partial charge in [0.1, 0.15) is 6.20 Å². The molecule has 0 aliphatic carbocycles. The predicted octanol–water partition coefficient (Wildman–Crippen LogP) is 2.05. The van der Waals surface area contributed by atoms with E-state index in [1.807, 2.05) is 23.1 Å². The molecule has 1 aromatic carbocycles. The van der Waals surface area contributed by atoms with Crippen molar-refractivity contribution in [2.24, 2.45) is 0 Å². The molecule has 1 aliphatic heterocycles. The average Bonchev–Trinajstić information content (AvgIpc) is 2.73. The molecule has 0 fully saturated rings. The molecule has 1 atom stereocenters. The molecule has 0 spiro atoms. The molecule has 20 heavy (non-hydrogen) atoms. The van der Waals surface area contributed by atoms with E-state index in [1.54, 1.807) is 0 Å². The van der Waals surface area contributed by atoms with Crippen LogP contribution in [0, 0.1) is 10.1 Å². The van der Waals surface area contributed by atoms with Gasteiger partial charge in [0, 0.05) is 11.7 Å². The highest BCUT2D eigenvalue weighted by molar-refractivity contribution is 5.68. The summed E-state index contributed by atoms with van der Waals surface area (Å²) in [7, 11) is 0. The smallest absolute Gasteiger partial charge is 0.329 e. The van der Waals surface area contributed by atoms with Crippen LogP contribution < -0.4 is 10.6 Å². The van der Waals surface area contributed by atoms with Crippen LogP contribution >= 0.6 is 0 Å². The number of aromatic nitrogens is 2. The lowest BCUT2D eigenvalue weighted by molar-refractivity contribution is -0.384. The Hall–Kier alpha value is -2.70. The van der Waals surface area contributed by atoms with E-state index in [9.17, 15) is 10.1 Å². The van der Waals surface area contributed by atoms with Crippen LogP contribution in [0.15, 0.2) is 30.5 Å². The van der Waals surface area contributed by atoms with Crippen molar-refractivity contribution in [3.8, 4) is 0 Å². The number of anilines is 3. The molecule has 0 radical (unpaired) electrons. The fourth-order valence-electron chi connectivity index (χ4n) is 2.51. The Labute approximate surface area is 115 Å². The van der Waals surface area contributed by atoms with Gasteiger partial charge in [-0.3, -0.25) is 10.1 Å². The Morgan fingerprint density at radius 1 is 1.45 bits per heavy atom. The van der Waals surface area contributed by atoms with Crippen LogP contribution in [0.2, 0.25) is 0 Å². The quantitative estimate of drug-likeness (QED) is 0.663. The molecule has 7 nitrogen and oxygen atoms in total. The second-order valence-corrected chi connectivity index (χ2v) is 4.75. The number of nitro groups is 1. The van der Waals surface area contributed by atoms with Crippen LogP contribution in [-0.2, 0) is 6.42 Å². The topological polar surface area (TPSA) is 98.2 Å². The first kappa shape index (κ1) is 12.3. The standard InChI is InChI=1S/C13H13N5O2/c1-8-6-9-4-2-3-5-10(9)17(8)13-15-7-11(18(19)20)12(14)16-13/h2-5,7-8H,6H2,1H3,(H2,14,15,16)/t8-/m1/s1. The number of fused-ring (bicyclic) bond motifs is 1. The Morgan fingerprint density at radius 3 is 2.90 bits per heavy atom. The normalized spacial score (nSPS) is 17.1. The van der Waals surface area contributed by atoms with Gasteiger partial charge >= 0.3 is 5.69 Å². The molecule has 0 amide bonds. The maximum atomic E-state index is 10.7. The SMILES string of the molecule is C[C@@H]1Cc2ccccc2N1c1ncc([N+](=O)[O-])c(N)n1.